The molecule has 0 bridgehead atoms. The summed E-state index contributed by atoms with van der Waals surface area (Å²) in [5.41, 5.74) is 2.56. The molecule has 0 unspecified atom stereocenters. The summed E-state index contributed by atoms with van der Waals surface area (Å²) in [4.78, 5) is 11.7. The summed E-state index contributed by atoms with van der Waals surface area (Å²) in [7, 11) is 0. The lowest BCUT2D eigenvalue weighted by Gasteiger charge is -2.06. The van der Waals surface area contributed by atoms with Crippen LogP contribution in [0.2, 0.25) is 0 Å². The van der Waals surface area contributed by atoms with Crippen molar-refractivity contribution in [3.05, 3.63) is 72.2 Å². The molecule has 0 atom stereocenters. The zero-order chi connectivity index (χ0) is 16.8. The Morgan fingerprint density at radius 3 is 2.58 bits per heavy atom. The highest BCUT2D eigenvalue weighted by Crippen LogP contribution is 2.23. The van der Waals surface area contributed by atoms with Crippen molar-refractivity contribution in [2.75, 3.05) is 5.32 Å². The number of nitrogens with one attached hydrogen (secondary N) is 1. The lowest BCUT2D eigenvalue weighted by atomic mass is 10.0. The lowest BCUT2D eigenvalue weighted by Crippen LogP contribution is -2.11. The number of aromatic nitrogens is 1. The van der Waals surface area contributed by atoms with Crippen molar-refractivity contribution in [1.29, 1.82) is 0 Å². The molecule has 5 heteroatoms. The van der Waals surface area contributed by atoms with Gasteiger partial charge in [-0.3, -0.25) is 4.79 Å². The Morgan fingerprint density at radius 2 is 1.88 bits per heavy atom. The van der Waals surface area contributed by atoms with E-state index in [-0.39, 0.29) is 11.7 Å². The van der Waals surface area contributed by atoms with Gasteiger partial charge in [-0.1, -0.05) is 47.6 Å². The minimum absolute atomic E-state index is 0.0909. The van der Waals surface area contributed by atoms with Crippen LogP contribution in [0, 0.1) is 5.82 Å². The second-order valence-electron chi connectivity index (χ2n) is 5.46. The average molecular weight is 324 g/mol. The van der Waals surface area contributed by atoms with Gasteiger partial charge in [0.2, 0.25) is 5.91 Å². The van der Waals surface area contributed by atoms with Crippen LogP contribution in [-0.4, -0.2) is 11.1 Å². The van der Waals surface area contributed by atoms with Crippen LogP contribution in [0.4, 0.5) is 10.2 Å². The molecule has 3 rings (SSSR count). The Hall–Kier alpha value is -2.95. The van der Waals surface area contributed by atoms with Crippen LogP contribution in [0.15, 0.2) is 65.4 Å². The van der Waals surface area contributed by atoms with Gasteiger partial charge in [0.05, 0.1) is 0 Å². The largest absolute Gasteiger partial charge is 0.363 e. The number of carbonyl (C=O) groups is 1. The Kier molecular flexibility index (Phi) is 5.01. The molecule has 0 aliphatic carbocycles. The van der Waals surface area contributed by atoms with E-state index >= 15 is 0 Å². The van der Waals surface area contributed by atoms with E-state index in [1.165, 1.54) is 12.3 Å². The van der Waals surface area contributed by atoms with E-state index in [0.717, 1.165) is 24.0 Å². The smallest absolute Gasteiger partial charge is 0.225 e. The fourth-order valence-electron chi connectivity index (χ4n) is 2.48. The summed E-state index contributed by atoms with van der Waals surface area (Å²) in [5, 5.41) is 6.29. The summed E-state index contributed by atoms with van der Waals surface area (Å²) < 4.78 is 18.4. The highest BCUT2D eigenvalue weighted by molar-refractivity contribution is 5.89. The lowest BCUT2D eigenvalue weighted by molar-refractivity contribution is -0.116. The molecule has 0 aliphatic heterocycles. The molecule has 1 amide bonds. The molecule has 0 saturated carbocycles. The molecule has 1 N–H and O–H groups in total. The Morgan fingerprint density at radius 1 is 1.08 bits per heavy atom. The van der Waals surface area contributed by atoms with E-state index in [9.17, 15) is 9.18 Å². The van der Waals surface area contributed by atoms with Gasteiger partial charge in [-0.05, 0) is 30.0 Å². The monoisotopic (exact) mass is 324 g/mol. The fraction of sp³-hybridized carbons (Fsp3) is 0.158. The Labute approximate surface area is 139 Å². The van der Waals surface area contributed by atoms with E-state index < -0.39 is 0 Å². The summed E-state index contributed by atoms with van der Waals surface area (Å²) in [5.74, 6) is 0.107. The van der Waals surface area contributed by atoms with Crippen LogP contribution < -0.4 is 5.32 Å². The Bertz CT molecular complexity index is 798. The SMILES string of the molecule is O=C(CCCc1ccc(-c2ccccc2F)cc1)Nc1ccon1. The predicted molar refractivity (Wildman–Crippen MR) is 89.9 cm³/mol. The van der Waals surface area contributed by atoms with Crippen molar-refractivity contribution in [3.8, 4) is 11.1 Å². The number of carbonyl (C=O) groups excluding carboxylic acids is 1. The molecular weight excluding hydrogens is 307 g/mol. The van der Waals surface area contributed by atoms with Crippen LogP contribution >= 0.6 is 0 Å². The third-order valence-electron chi connectivity index (χ3n) is 3.71. The normalized spacial score (nSPS) is 10.5. The number of benzene rings is 2. The van der Waals surface area contributed by atoms with Gasteiger partial charge in [0.1, 0.15) is 12.1 Å². The number of rotatable bonds is 6. The highest BCUT2D eigenvalue weighted by Gasteiger charge is 2.06. The maximum Gasteiger partial charge on any atom is 0.225 e. The third kappa shape index (κ3) is 4.07. The molecule has 1 aromatic heterocycles. The molecule has 1 heterocycles. The van der Waals surface area contributed by atoms with Crippen LogP contribution in [0.25, 0.3) is 11.1 Å². The van der Waals surface area contributed by atoms with Gasteiger partial charge >= 0.3 is 0 Å². The number of halogens is 1. The van der Waals surface area contributed by atoms with Crippen molar-refractivity contribution in [2.45, 2.75) is 19.3 Å². The molecule has 3 aromatic rings. The number of amides is 1. The first-order valence-electron chi connectivity index (χ1n) is 7.76. The van der Waals surface area contributed by atoms with E-state index in [1.54, 1.807) is 18.2 Å². The standard InChI is InChI=1S/C19H17FN2O2/c20-17-6-2-1-5-16(17)15-10-8-14(9-11-15)4-3-7-19(23)21-18-12-13-24-22-18/h1-2,5-6,8-13H,3-4,7H2,(H,21,22,23). The summed E-state index contributed by atoms with van der Waals surface area (Å²) in [6.07, 6.45) is 3.32. The molecule has 24 heavy (non-hydrogen) atoms. The van der Waals surface area contributed by atoms with Crippen molar-refractivity contribution in [3.63, 3.8) is 0 Å². The Balaban J connectivity index is 1.51. The topological polar surface area (TPSA) is 55.1 Å². The van der Waals surface area contributed by atoms with Gasteiger partial charge in [0.25, 0.3) is 0 Å². The number of nitrogens with zero attached hydrogens (tertiary/aromatic N) is 1. The fourth-order valence-corrected chi connectivity index (χ4v) is 2.48. The molecule has 0 saturated heterocycles. The predicted octanol–water partition coefficient (Wildman–Crippen LogP) is 4.44. The summed E-state index contributed by atoms with van der Waals surface area (Å²) in [6.45, 7) is 0. The maximum atomic E-state index is 13.8. The van der Waals surface area contributed by atoms with E-state index in [4.69, 9.17) is 0 Å². The van der Waals surface area contributed by atoms with E-state index in [1.807, 2.05) is 30.3 Å². The number of anilines is 1. The number of hydrogen-bond acceptors (Lipinski definition) is 3. The van der Waals surface area contributed by atoms with Crippen molar-refractivity contribution in [2.24, 2.45) is 0 Å². The van der Waals surface area contributed by atoms with Crippen LogP contribution in [0.5, 0.6) is 0 Å². The van der Waals surface area contributed by atoms with Gasteiger partial charge < -0.3 is 9.84 Å². The maximum absolute atomic E-state index is 13.8. The first-order valence-corrected chi connectivity index (χ1v) is 7.76. The van der Waals surface area contributed by atoms with Gasteiger partial charge in [-0.25, -0.2) is 4.39 Å². The molecule has 0 fully saturated rings. The molecule has 4 nitrogen and oxygen atoms in total. The van der Waals surface area contributed by atoms with Crippen LogP contribution in [0.3, 0.4) is 0 Å². The van der Waals surface area contributed by atoms with Crippen molar-refractivity contribution in [1.82, 2.24) is 5.16 Å². The quantitative estimate of drug-likeness (QED) is 0.729. The molecule has 0 radical (unpaired) electrons. The van der Waals surface area contributed by atoms with Crippen LogP contribution in [0.1, 0.15) is 18.4 Å². The van der Waals surface area contributed by atoms with Gasteiger partial charge in [-0.15, -0.1) is 0 Å². The first kappa shape index (κ1) is 15.9. The molecular formula is C19H17FN2O2. The molecule has 0 aliphatic rings. The van der Waals surface area contributed by atoms with Crippen molar-refractivity contribution >= 4 is 11.7 Å². The molecule has 2 aromatic carbocycles. The second-order valence-corrected chi connectivity index (χ2v) is 5.46. The van der Waals surface area contributed by atoms with Crippen LogP contribution in [-0.2, 0) is 11.2 Å². The molecule has 122 valence electrons. The van der Waals surface area contributed by atoms with Crippen molar-refractivity contribution < 1.29 is 13.7 Å². The zero-order valence-electron chi connectivity index (χ0n) is 13.0. The number of aryl methyl sites for hydroxylation is 1. The third-order valence-corrected chi connectivity index (χ3v) is 3.71. The zero-order valence-corrected chi connectivity index (χ0v) is 13.0. The van der Waals surface area contributed by atoms with Gasteiger partial charge in [0.15, 0.2) is 5.82 Å². The second kappa shape index (κ2) is 7.55. The summed E-state index contributed by atoms with van der Waals surface area (Å²) in [6, 6.07) is 16.1. The highest BCUT2D eigenvalue weighted by atomic mass is 19.1. The summed E-state index contributed by atoms with van der Waals surface area (Å²) >= 11 is 0. The average Bonchev–Trinajstić information content (AvgIpc) is 3.09. The van der Waals surface area contributed by atoms with E-state index in [0.29, 0.717) is 17.8 Å². The van der Waals surface area contributed by atoms with Gasteiger partial charge in [0, 0.05) is 18.1 Å². The first-order chi connectivity index (χ1) is 11.7. The number of hydrogen-bond donors (Lipinski definition) is 1. The van der Waals surface area contributed by atoms with E-state index in [2.05, 4.69) is 15.0 Å². The van der Waals surface area contributed by atoms with Gasteiger partial charge in [-0.2, -0.15) is 0 Å². The molecule has 0 spiro atoms. The minimum Gasteiger partial charge on any atom is -0.363 e. The minimum atomic E-state index is -0.227.